The summed E-state index contributed by atoms with van der Waals surface area (Å²) >= 11 is 0. The molecule has 0 aliphatic heterocycles. The van der Waals surface area contributed by atoms with Gasteiger partial charge in [-0.25, -0.2) is 19.9 Å². The minimum Gasteiger partial charge on any atom is -0.462 e. The van der Waals surface area contributed by atoms with Gasteiger partial charge in [-0.2, -0.15) is 5.26 Å². The first kappa shape index (κ1) is 18.4. The van der Waals surface area contributed by atoms with Crippen molar-refractivity contribution in [3.05, 3.63) is 52.6 Å². The Balaban J connectivity index is 2.29. The average Bonchev–Trinajstić information content (AvgIpc) is 2.61. The number of nitrogen functional groups attached to an aromatic ring is 2. The predicted molar refractivity (Wildman–Crippen MR) is 93.7 cm³/mol. The molecule has 0 spiro atoms. The largest absolute Gasteiger partial charge is 0.462 e. The van der Waals surface area contributed by atoms with Crippen molar-refractivity contribution in [3.8, 4) is 6.07 Å². The Morgan fingerprint density at radius 3 is 2.62 bits per heavy atom. The zero-order chi connectivity index (χ0) is 19.3. The van der Waals surface area contributed by atoms with E-state index < -0.39 is 11.9 Å². The van der Waals surface area contributed by atoms with E-state index in [1.165, 1.54) is 18.2 Å². The normalized spacial score (nSPS) is 9.85. The van der Waals surface area contributed by atoms with Crippen molar-refractivity contribution in [2.75, 3.05) is 18.1 Å². The standard InChI is InChI=1S/C17H16N6O3/c1-2-26-17(25)12-7-11(13(19)22-15(12)21)14(20)23-16(24)10-5-3-4-9(6-10)8-18/h3-7H,2H2,1H3,(H4,19,21,22)(H2,20,23,24)/p+1. The molecule has 2 rings (SSSR count). The second kappa shape index (κ2) is 7.76. The van der Waals surface area contributed by atoms with Crippen molar-refractivity contribution in [1.82, 2.24) is 10.3 Å². The zero-order valence-corrected chi connectivity index (χ0v) is 13.9. The number of ether oxygens (including phenoxy) is 1. The molecule has 0 saturated carbocycles. The second-order valence-corrected chi connectivity index (χ2v) is 5.13. The van der Waals surface area contributed by atoms with E-state index in [9.17, 15) is 9.59 Å². The Kier molecular flexibility index (Phi) is 5.49. The van der Waals surface area contributed by atoms with Crippen molar-refractivity contribution >= 4 is 29.3 Å². The van der Waals surface area contributed by atoms with Crippen LogP contribution < -0.4 is 22.2 Å². The molecule has 26 heavy (non-hydrogen) atoms. The molecule has 0 unspecified atom stereocenters. The maximum atomic E-state index is 12.3. The number of nitriles is 1. The first-order valence-electron chi connectivity index (χ1n) is 7.54. The number of benzene rings is 1. The van der Waals surface area contributed by atoms with E-state index in [-0.39, 0.29) is 40.8 Å². The van der Waals surface area contributed by atoms with Crippen molar-refractivity contribution in [3.63, 3.8) is 0 Å². The molecule has 9 heteroatoms. The van der Waals surface area contributed by atoms with Gasteiger partial charge in [0.15, 0.2) is 0 Å². The van der Waals surface area contributed by atoms with Crippen LogP contribution in [-0.4, -0.2) is 29.3 Å². The molecule has 1 aromatic heterocycles. The van der Waals surface area contributed by atoms with E-state index in [1.807, 2.05) is 6.07 Å². The summed E-state index contributed by atoms with van der Waals surface area (Å²) in [6, 6.07) is 9.32. The fourth-order valence-electron chi connectivity index (χ4n) is 2.12. The number of anilines is 2. The van der Waals surface area contributed by atoms with E-state index in [1.54, 1.807) is 19.1 Å². The number of esters is 1. The van der Waals surface area contributed by atoms with Gasteiger partial charge in [-0.05, 0) is 31.2 Å². The first-order chi connectivity index (χ1) is 12.4. The van der Waals surface area contributed by atoms with E-state index >= 15 is 0 Å². The SMILES string of the molecule is CCOC(=O)c1cc(C(=[NH2+])NC(=O)c2cccc(C#N)c2)c(N)nc1N. The van der Waals surface area contributed by atoms with Gasteiger partial charge in [0.1, 0.15) is 22.8 Å². The summed E-state index contributed by atoms with van der Waals surface area (Å²) in [5.41, 5.74) is 12.2. The van der Waals surface area contributed by atoms with Gasteiger partial charge >= 0.3 is 11.9 Å². The van der Waals surface area contributed by atoms with Gasteiger partial charge in [0.05, 0.1) is 23.8 Å². The van der Waals surface area contributed by atoms with Crippen LogP contribution >= 0.6 is 0 Å². The summed E-state index contributed by atoms with van der Waals surface area (Å²) < 4.78 is 4.89. The van der Waals surface area contributed by atoms with E-state index in [0.29, 0.717) is 5.56 Å². The van der Waals surface area contributed by atoms with Gasteiger partial charge in [0.25, 0.3) is 5.84 Å². The van der Waals surface area contributed by atoms with E-state index in [4.69, 9.17) is 26.9 Å². The lowest BCUT2D eigenvalue weighted by molar-refractivity contribution is -0.116. The molecule has 0 aliphatic carbocycles. The Hall–Kier alpha value is -3.93. The third-order valence-electron chi connectivity index (χ3n) is 3.37. The van der Waals surface area contributed by atoms with Crippen LogP contribution in [0.1, 0.15) is 38.8 Å². The minimum absolute atomic E-state index is 0.0141. The lowest BCUT2D eigenvalue weighted by Gasteiger charge is -2.09. The Morgan fingerprint density at radius 1 is 1.27 bits per heavy atom. The van der Waals surface area contributed by atoms with Crippen LogP contribution in [-0.2, 0) is 4.74 Å². The van der Waals surface area contributed by atoms with Gasteiger partial charge in [0.2, 0.25) is 0 Å². The number of nitrogens with one attached hydrogen (secondary N) is 1. The van der Waals surface area contributed by atoms with Gasteiger partial charge < -0.3 is 16.2 Å². The van der Waals surface area contributed by atoms with Crippen LogP contribution in [0.4, 0.5) is 11.6 Å². The molecule has 0 aliphatic rings. The zero-order valence-electron chi connectivity index (χ0n) is 13.9. The van der Waals surface area contributed by atoms with Crippen LogP contribution in [0.25, 0.3) is 0 Å². The van der Waals surface area contributed by atoms with Crippen LogP contribution in [0.2, 0.25) is 0 Å². The number of hydrogen-bond acceptors (Lipinski definition) is 7. The summed E-state index contributed by atoms with van der Waals surface area (Å²) in [4.78, 5) is 28.1. The molecule has 1 aromatic carbocycles. The number of carbonyl (C=O) groups is 2. The summed E-state index contributed by atoms with van der Waals surface area (Å²) in [6.07, 6.45) is 0. The van der Waals surface area contributed by atoms with Crippen LogP contribution in [0.15, 0.2) is 30.3 Å². The molecule has 0 saturated heterocycles. The van der Waals surface area contributed by atoms with Crippen LogP contribution in [0, 0.1) is 11.3 Å². The molecular formula is C17H17N6O3+. The van der Waals surface area contributed by atoms with E-state index in [0.717, 1.165) is 0 Å². The molecule has 0 fully saturated rings. The van der Waals surface area contributed by atoms with Crippen molar-refractivity contribution in [2.24, 2.45) is 0 Å². The number of aromatic nitrogens is 1. The minimum atomic E-state index is -0.681. The molecule has 9 nitrogen and oxygen atoms in total. The topological polar surface area (TPSA) is 170 Å². The maximum absolute atomic E-state index is 12.3. The Morgan fingerprint density at radius 2 is 1.96 bits per heavy atom. The number of amides is 1. The summed E-state index contributed by atoms with van der Waals surface area (Å²) in [7, 11) is 0. The third kappa shape index (κ3) is 3.93. The lowest BCUT2D eigenvalue weighted by Crippen LogP contribution is -2.52. The number of carbonyl (C=O) groups excluding carboxylic acids is 2. The van der Waals surface area contributed by atoms with Crippen LogP contribution in [0.5, 0.6) is 0 Å². The quantitative estimate of drug-likeness (QED) is 0.317. The summed E-state index contributed by atoms with van der Waals surface area (Å²) in [5.74, 6) is -1.51. The number of nitrogens with zero attached hydrogens (tertiary/aromatic N) is 2. The highest BCUT2D eigenvalue weighted by molar-refractivity contribution is 6.12. The van der Waals surface area contributed by atoms with E-state index in [2.05, 4.69) is 10.3 Å². The fourth-order valence-corrected chi connectivity index (χ4v) is 2.12. The Labute approximate surface area is 149 Å². The second-order valence-electron chi connectivity index (χ2n) is 5.13. The monoisotopic (exact) mass is 353 g/mol. The molecule has 0 bridgehead atoms. The molecule has 7 N–H and O–H groups in total. The molecule has 1 heterocycles. The molecule has 2 aromatic rings. The Bertz CT molecular complexity index is 933. The number of hydrogen-bond donors (Lipinski definition) is 4. The lowest BCUT2D eigenvalue weighted by atomic mass is 10.1. The fraction of sp³-hybridized carbons (Fsp3) is 0.118. The first-order valence-corrected chi connectivity index (χ1v) is 7.54. The van der Waals surface area contributed by atoms with Crippen molar-refractivity contribution < 1.29 is 19.7 Å². The molecule has 0 radical (unpaired) electrons. The average molecular weight is 353 g/mol. The highest BCUT2D eigenvalue weighted by Crippen LogP contribution is 2.18. The van der Waals surface area contributed by atoms with Gasteiger partial charge in [-0.1, -0.05) is 6.07 Å². The highest BCUT2D eigenvalue weighted by atomic mass is 16.5. The van der Waals surface area contributed by atoms with Gasteiger partial charge in [-0.15, -0.1) is 0 Å². The van der Waals surface area contributed by atoms with Crippen molar-refractivity contribution in [1.29, 1.82) is 5.26 Å². The van der Waals surface area contributed by atoms with Crippen LogP contribution in [0.3, 0.4) is 0 Å². The smallest absolute Gasteiger partial charge is 0.341 e. The summed E-state index contributed by atoms with van der Waals surface area (Å²) in [6.45, 7) is 1.80. The third-order valence-corrected chi connectivity index (χ3v) is 3.37. The highest BCUT2D eigenvalue weighted by Gasteiger charge is 2.23. The predicted octanol–water partition coefficient (Wildman–Crippen LogP) is -0.770. The number of rotatable bonds is 4. The molecule has 1 amide bonds. The molecule has 132 valence electrons. The maximum Gasteiger partial charge on any atom is 0.341 e. The summed E-state index contributed by atoms with van der Waals surface area (Å²) in [5, 5.41) is 17.3. The number of pyridine rings is 1. The number of amidine groups is 1. The number of nitrogens with two attached hydrogens (primary N) is 3. The van der Waals surface area contributed by atoms with Gasteiger partial charge in [0, 0.05) is 0 Å². The van der Waals surface area contributed by atoms with Crippen molar-refractivity contribution in [2.45, 2.75) is 6.92 Å². The molecule has 0 atom stereocenters. The van der Waals surface area contributed by atoms with Gasteiger partial charge in [-0.3, -0.25) is 5.41 Å². The molecular weight excluding hydrogens is 336 g/mol.